The molecule has 4 nitrogen and oxygen atoms in total. The van der Waals surface area contributed by atoms with Crippen molar-refractivity contribution in [1.29, 1.82) is 0 Å². The highest BCUT2D eigenvalue weighted by Gasteiger charge is 2.30. The zero-order chi connectivity index (χ0) is 19.8. The largest absolute Gasteiger partial charge is 1.00 e. The maximum absolute atomic E-state index is 12.6. The van der Waals surface area contributed by atoms with Crippen LogP contribution in [-0.2, 0) is 24.3 Å². The number of amides is 1. The maximum atomic E-state index is 12.6. The number of carbonyl (C=O) groups is 1. The van der Waals surface area contributed by atoms with E-state index in [4.69, 9.17) is 46.4 Å². The van der Waals surface area contributed by atoms with Crippen molar-refractivity contribution in [2.24, 2.45) is 0 Å². The summed E-state index contributed by atoms with van der Waals surface area (Å²) in [7, 11) is 0. The van der Waals surface area contributed by atoms with Gasteiger partial charge in [-0.1, -0.05) is 52.5 Å². The summed E-state index contributed by atoms with van der Waals surface area (Å²) in [5.74, 6) is 0.905. The normalized spacial score (nSPS) is 12.4. The standard InChI is InChI=1S/C20H15Cl4N3O.ClH/c21-13-7-6-12(9-16(13)24)17-10-26(19-5-2-8-27(17)19)11-18(28)25-20-14(22)3-1-4-15(20)23;/h1,3-4,6-7,9-10H,2,5,8,11H2;1H. The molecule has 4 rings (SSSR count). The van der Waals surface area contributed by atoms with E-state index in [2.05, 4.69) is 9.88 Å². The van der Waals surface area contributed by atoms with Gasteiger partial charge < -0.3 is 17.7 Å². The van der Waals surface area contributed by atoms with Crippen LogP contribution in [0.4, 0.5) is 5.69 Å². The quantitative estimate of drug-likeness (QED) is 0.560. The SMILES string of the molecule is O=C(C[n+]1cc(-c2ccc(Cl)c(Cl)c2)n2c1CCC2)Nc1c(Cl)cccc1Cl.[Cl-]. The van der Waals surface area contributed by atoms with Gasteiger partial charge >= 0.3 is 0 Å². The Kier molecular flexibility index (Phi) is 7.02. The van der Waals surface area contributed by atoms with Gasteiger partial charge in [-0.15, -0.1) is 0 Å². The first-order chi connectivity index (χ1) is 13.4. The number of rotatable bonds is 4. The number of aromatic nitrogens is 2. The van der Waals surface area contributed by atoms with Gasteiger partial charge in [-0.05, 0) is 36.8 Å². The molecule has 1 aromatic heterocycles. The van der Waals surface area contributed by atoms with Crippen LogP contribution < -0.4 is 22.3 Å². The molecule has 29 heavy (non-hydrogen) atoms. The Bertz CT molecular complexity index is 1060. The number of para-hydroxylation sites is 1. The monoisotopic (exact) mass is 489 g/mol. The molecule has 0 bridgehead atoms. The summed E-state index contributed by atoms with van der Waals surface area (Å²) in [5, 5.41) is 4.65. The molecular weight excluding hydrogens is 476 g/mol. The third-order valence-corrected chi connectivity index (χ3v) is 6.12. The van der Waals surface area contributed by atoms with E-state index in [1.807, 2.05) is 22.9 Å². The number of nitrogens with zero attached hydrogens (tertiary/aromatic N) is 2. The van der Waals surface area contributed by atoms with Gasteiger partial charge in [-0.25, -0.2) is 9.13 Å². The fraction of sp³-hybridized carbons (Fsp3) is 0.200. The molecule has 1 N–H and O–H groups in total. The fourth-order valence-electron chi connectivity index (χ4n) is 3.48. The van der Waals surface area contributed by atoms with E-state index >= 15 is 0 Å². The van der Waals surface area contributed by atoms with Crippen molar-refractivity contribution < 1.29 is 21.8 Å². The molecule has 1 aliphatic rings. The van der Waals surface area contributed by atoms with Crippen molar-refractivity contribution in [2.45, 2.75) is 25.9 Å². The highest BCUT2D eigenvalue weighted by atomic mass is 35.5. The summed E-state index contributed by atoms with van der Waals surface area (Å²) in [6.07, 6.45) is 3.91. The van der Waals surface area contributed by atoms with Crippen molar-refractivity contribution in [2.75, 3.05) is 5.32 Å². The van der Waals surface area contributed by atoms with Gasteiger partial charge in [0, 0.05) is 5.56 Å². The molecule has 0 fully saturated rings. The van der Waals surface area contributed by atoms with Crippen LogP contribution >= 0.6 is 46.4 Å². The van der Waals surface area contributed by atoms with E-state index in [1.54, 1.807) is 24.3 Å². The second-order valence-corrected chi connectivity index (χ2v) is 8.22. The molecule has 1 aliphatic heterocycles. The summed E-state index contributed by atoms with van der Waals surface area (Å²) >= 11 is 24.5. The van der Waals surface area contributed by atoms with Gasteiger partial charge in [0.25, 0.3) is 11.7 Å². The molecule has 0 saturated heterocycles. The number of hydrogen-bond acceptors (Lipinski definition) is 1. The van der Waals surface area contributed by atoms with Gasteiger partial charge in [0.15, 0.2) is 12.2 Å². The topological polar surface area (TPSA) is 37.9 Å². The number of hydrogen-bond donors (Lipinski definition) is 1. The maximum Gasteiger partial charge on any atom is 0.266 e. The lowest BCUT2D eigenvalue weighted by atomic mass is 10.1. The average Bonchev–Trinajstić information content (AvgIpc) is 3.25. The Hall–Kier alpha value is -1.43. The van der Waals surface area contributed by atoms with E-state index in [0.29, 0.717) is 25.8 Å². The van der Waals surface area contributed by atoms with Crippen molar-refractivity contribution >= 4 is 58.0 Å². The summed E-state index contributed by atoms with van der Waals surface area (Å²) < 4.78 is 4.18. The number of carbonyl (C=O) groups excluding carboxylic acids is 1. The Morgan fingerprint density at radius 1 is 1.03 bits per heavy atom. The predicted octanol–water partition coefficient (Wildman–Crippen LogP) is 2.65. The highest BCUT2D eigenvalue weighted by molar-refractivity contribution is 6.42. The fourth-order valence-corrected chi connectivity index (χ4v) is 4.27. The predicted molar refractivity (Wildman–Crippen MR) is 113 cm³/mol. The number of anilines is 1. The third-order valence-electron chi connectivity index (χ3n) is 4.75. The van der Waals surface area contributed by atoms with Crippen molar-refractivity contribution in [3.8, 4) is 11.3 Å². The lowest BCUT2D eigenvalue weighted by Gasteiger charge is -2.08. The average molecular weight is 492 g/mol. The second-order valence-electron chi connectivity index (χ2n) is 6.59. The first-order valence-electron chi connectivity index (χ1n) is 8.75. The Labute approximate surface area is 194 Å². The minimum atomic E-state index is -0.194. The molecule has 3 aromatic rings. The molecule has 152 valence electrons. The number of halogens is 5. The number of nitrogens with one attached hydrogen (secondary N) is 1. The highest BCUT2D eigenvalue weighted by Crippen LogP contribution is 2.31. The number of fused-ring (bicyclic) bond motifs is 1. The first kappa shape index (κ1) is 22.3. The summed E-state index contributed by atoms with van der Waals surface area (Å²) in [6.45, 7) is 1.06. The van der Waals surface area contributed by atoms with Crippen LogP contribution in [0.5, 0.6) is 0 Å². The van der Waals surface area contributed by atoms with Crippen LogP contribution in [0.15, 0.2) is 42.6 Å². The van der Waals surface area contributed by atoms with E-state index in [0.717, 1.165) is 36.5 Å². The van der Waals surface area contributed by atoms with Crippen LogP contribution in [0, 0.1) is 0 Å². The van der Waals surface area contributed by atoms with E-state index in [9.17, 15) is 4.79 Å². The van der Waals surface area contributed by atoms with Crippen molar-refractivity contribution in [3.05, 3.63) is 68.5 Å². The van der Waals surface area contributed by atoms with Crippen LogP contribution in [-0.4, -0.2) is 10.5 Å². The lowest BCUT2D eigenvalue weighted by Crippen LogP contribution is -3.00. The number of imidazole rings is 1. The van der Waals surface area contributed by atoms with E-state index in [-0.39, 0.29) is 24.9 Å². The van der Waals surface area contributed by atoms with Gasteiger partial charge in [0.05, 0.1) is 38.7 Å². The van der Waals surface area contributed by atoms with Gasteiger partial charge in [0.2, 0.25) is 0 Å². The van der Waals surface area contributed by atoms with Gasteiger partial charge in [-0.3, -0.25) is 4.79 Å². The molecule has 0 saturated carbocycles. The number of benzene rings is 2. The molecule has 2 heterocycles. The lowest BCUT2D eigenvalue weighted by molar-refractivity contribution is -0.690. The molecular formula is C20H16Cl5N3O. The third kappa shape index (κ3) is 4.52. The molecule has 0 atom stereocenters. The smallest absolute Gasteiger partial charge is 0.266 e. The molecule has 0 unspecified atom stereocenters. The van der Waals surface area contributed by atoms with Crippen molar-refractivity contribution in [3.63, 3.8) is 0 Å². The van der Waals surface area contributed by atoms with Crippen LogP contribution in [0.1, 0.15) is 12.2 Å². The van der Waals surface area contributed by atoms with E-state index < -0.39 is 0 Å². The zero-order valence-corrected chi connectivity index (χ0v) is 18.8. The molecule has 1 amide bonds. The summed E-state index contributed by atoms with van der Waals surface area (Å²) in [4.78, 5) is 12.6. The van der Waals surface area contributed by atoms with Gasteiger partial charge in [0.1, 0.15) is 6.20 Å². The molecule has 9 heteroatoms. The minimum Gasteiger partial charge on any atom is -1.00 e. The van der Waals surface area contributed by atoms with Crippen LogP contribution in [0.25, 0.3) is 11.3 Å². The summed E-state index contributed by atoms with van der Waals surface area (Å²) in [5.41, 5.74) is 2.40. The minimum absolute atomic E-state index is 0. The molecule has 2 aromatic carbocycles. The van der Waals surface area contributed by atoms with E-state index in [1.165, 1.54) is 0 Å². The first-order valence-corrected chi connectivity index (χ1v) is 10.3. The molecule has 0 spiro atoms. The van der Waals surface area contributed by atoms with Gasteiger partial charge in [-0.2, -0.15) is 0 Å². The van der Waals surface area contributed by atoms with Crippen LogP contribution in [0.2, 0.25) is 20.1 Å². The van der Waals surface area contributed by atoms with Crippen molar-refractivity contribution in [1.82, 2.24) is 4.57 Å². The Morgan fingerprint density at radius 2 is 1.76 bits per heavy atom. The molecule has 0 radical (unpaired) electrons. The van der Waals surface area contributed by atoms with Crippen LogP contribution in [0.3, 0.4) is 0 Å². The Morgan fingerprint density at radius 3 is 2.45 bits per heavy atom. The zero-order valence-electron chi connectivity index (χ0n) is 15.1. The second kappa shape index (κ2) is 9.15. The summed E-state index contributed by atoms with van der Waals surface area (Å²) in [6, 6.07) is 10.7. The molecule has 0 aliphatic carbocycles. The Balaban J connectivity index is 0.00000240.